The maximum absolute atomic E-state index is 13.1. The molecule has 0 spiro atoms. The highest BCUT2D eigenvalue weighted by Gasteiger charge is 2.43. The van der Waals surface area contributed by atoms with Gasteiger partial charge in [0.25, 0.3) is 0 Å². The molecule has 0 radical (unpaired) electrons. The number of aromatic carboxylic acids is 1. The third kappa shape index (κ3) is 4.91. The van der Waals surface area contributed by atoms with E-state index < -0.39 is 12.6 Å². The fourth-order valence-electron chi connectivity index (χ4n) is 6.26. The van der Waals surface area contributed by atoms with Crippen molar-refractivity contribution >= 4 is 11.9 Å². The minimum atomic E-state index is -2.95. The number of ether oxygens (including phenoxy) is 2. The molecule has 210 valence electrons. The maximum Gasteiger partial charge on any atom is 0.387 e. The summed E-state index contributed by atoms with van der Waals surface area (Å²) in [5.41, 5.74) is 2.59. The number of halogens is 2. The van der Waals surface area contributed by atoms with Crippen LogP contribution in [0.5, 0.6) is 5.75 Å². The summed E-state index contributed by atoms with van der Waals surface area (Å²) in [5, 5.41) is 13.9. The van der Waals surface area contributed by atoms with E-state index in [9.17, 15) is 18.7 Å². The summed E-state index contributed by atoms with van der Waals surface area (Å²) >= 11 is 0. The number of carboxylic acids is 1. The van der Waals surface area contributed by atoms with Gasteiger partial charge in [0, 0.05) is 40.7 Å². The number of carbonyl (C=O) groups is 1. The second kappa shape index (κ2) is 10.1. The van der Waals surface area contributed by atoms with Crippen LogP contribution in [0.15, 0.2) is 34.9 Å². The Kier molecular flexibility index (Phi) is 6.41. The van der Waals surface area contributed by atoms with E-state index in [2.05, 4.69) is 15.0 Å². The van der Waals surface area contributed by atoms with Crippen LogP contribution in [0.1, 0.15) is 90.7 Å². The second-order valence-corrected chi connectivity index (χ2v) is 11.3. The van der Waals surface area contributed by atoms with E-state index in [0.29, 0.717) is 23.1 Å². The van der Waals surface area contributed by atoms with Crippen molar-refractivity contribution in [2.45, 2.75) is 94.6 Å². The number of benzene rings is 1. The third-order valence-corrected chi connectivity index (χ3v) is 8.46. The number of aromatic nitrogens is 3. The molecule has 1 aromatic carbocycles. The molecule has 2 aromatic heterocycles. The van der Waals surface area contributed by atoms with Gasteiger partial charge in [-0.2, -0.15) is 8.78 Å². The number of fused-ring (bicyclic) bond motifs is 2. The molecule has 2 saturated carbocycles. The molecular formula is C29H30F2N4O5. The van der Waals surface area contributed by atoms with Gasteiger partial charge in [-0.15, -0.1) is 0 Å². The summed E-state index contributed by atoms with van der Waals surface area (Å²) in [7, 11) is 0. The first-order valence-corrected chi connectivity index (χ1v) is 14.0. The van der Waals surface area contributed by atoms with E-state index >= 15 is 0 Å². The third-order valence-electron chi connectivity index (χ3n) is 8.46. The number of alkyl halides is 2. The first-order chi connectivity index (χ1) is 19.4. The summed E-state index contributed by atoms with van der Waals surface area (Å²) in [5.74, 6) is 0.880. The normalized spacial score (nSPS) is 24.1. The standard InChI is InChI=1S/C29H30F2N4O5/c30-28(31)39-24-4-2-1-3-20(24)25-21(26(40-34-25)16-7-8-16)14-38-19-11-17-9-10-18(12-19)35(17)29-32-22(15-5-6-15)13-23(33-29)27(36)37/h1-4,13,15-19,28H,5-12,14H2,(H,36,37). The summed E-state index contributed by atoms with van der Waals surface area (Å²) in [6, 6.07) is 8.53. The molecular weight excluding hydrogens is 522 g/mol. The van der Waals surface area contributed by atoms with Crippen LogP contribution in [0.3, 0.4) is 0 Å². The average Bonchev–Trinajstić information content (AvgIpc) is 3.87. The van der Waals surface area contributed by atoms with Crippen LogP contribution in [0.25, 0.3) is 11.3 Å². The van der Waals surface area contributed by atoms with Gasteiger partial charge in [0.1, 0.15) is 17.2 Å². The number of hydrogen-bond donors (Lipinski definition) is 1. The van der Waals surface area contributed by atoms with Crippen LogP contribution >= 0.6 is 0 Å². The van der Waals surface area contributed by atoms with Gasteiger partial charge in [-0.05, 0) is 69.6 Å². The quantitative estimate of drug-likeness (QED) is 0.328. The van der Waals surface area contributed by atoms with E-state index in [1.165, 1.54) is 6.07 Å². The summed E-state index contributed by atoms with van der Waals surface area (Å²) in [6.45, 7) is -2.69. The van der Waals surface area contributed by atoms with Crippen LogP contribution in [0.2, 0.25) is 0 Å². The van der Waals surface area contributed by atoms with Crippen molar-refractivity contribution in [2.75, 3.05) is 4.90 Å². The predicted molar refractivity (Wildman–Crippen MR) is 139 cm³/mol. The first kappa shape index (κ1) is 25.4. The zero-order chi connectivity index (χ0) is 27.4. The Morgan fingerprint density at radius 3 is 2.45 bits per heavy atom. The highest BCUT2D eigenvalue weighted by atomic mass is 19.3. The number of rotatable bonds is 10. The lowest BCUT2D eigenvalue weighted by Gasteiger charge is -2.39. The molecule has 3 aromatic rings. The second-order valence-electron chi connectivity index (χ2n) is 11.3. The Hall–Kier alpha value is -3.60. The molecule has 1 N–H and O–H groups in total. The molecule has 4 heterocycles. The number of anilines is 1. The van der Waals surface area contributed by atoms with Crippen molar-refractivity contribution in [1.29, 1.82) is 0 Å². The zero-order valence-corrected chi connectivity index (χ0v) is 21.8. The van der Waals surface area contributed by atoms with E-state index in [0.717, 1.165) is 68.4 Å². The number of carboxylic acid groups (broad SMARTS) is 1. The van der Waals surface area contributed by atoms with Crippen molar-refractivity contribution in [3.8, 4) is 17.0 Å². The Labute approximate surface area is 229 Å². The van der Waals surface area contributed by atoms with Crippen LogP contribution in [-0.4, -0.2) is 51.0 Å². The highest BCUT2D eigenvalue weighted by molar-refractivity contribution is 5.85. The van der Waals surface area contributed by atoms with Gasteiger partial charge in [-0.3, -0.25) is 0 Å². The minimum Gasteiger partial charge on any atom is -0.477 e. The molecule has 40 heavy (non-hydrogen) atoms. The number of nitrogens with zero attached hydrogens (tertiary/aromatic N) is 4. The molecule has 2 aliphatic carbocycles. The smallest absolute Gasteiger partial charge is 0.387 e. The fourth-order valence-corrected chi connectivity index (χ4v) is 6.26. The van der Waals surface area contributed by atoms with Crippen LogP contribution in [0, 0.1) is 0 Å². The Bertz CT molecular complexity index is 1410. The lowest BCUT2D eigenvalue weighted by atomic mass is 9.99. The van der Waals surface area contributed by atoms with E-state index in [4.69, 9.17) is 19.0 Å². The topological polar surface area (TPSA) is 111 Å². The molecule has 2 aliphatic heterocycles. The Morgan fingerprint density at radius 2 is 1.77 bits per heavy atom. The summed E-state index contributed by atoms with van der Waals surface area (Å²) < 4.78 is 43.1. The fraction of sp³-hybridized carbons (Fsp3) is 0.517. The van der Waals surface area contributed by atoms with Gasteiger partial charge in [0.15, 0.2) is 5.69 Å². The Balaban J connectivity index is 1.10. The largest absolute Gasteiger partial charge is 0.477 e. The van der Waals surface area contributed by atoms with Crippen LogP contribution in [-0.2, 0) is 11.3 Å². The molecule has 4 aliphatic rings. The molecule has 2 saturated heterocycles. The monoisotopic (exact) mass is 552 g/mol. The van der Waals surface area contributed by atoms with Crippen LogP contribution < -0.4 is 9.64 Å². The van der Waals surface area contributed by atoms with Crippen molar-refractivity contribution in [3.63, 3.8) is 0 Å². The number of hydrogen-bond acceptors (Lipinski definition) is 8. The molecule has 7 rings (SSSR count). The van der Waals surface area contributed by atoms with Crippen molar-refractivity contribution in [1.82, 2.24) is 15.1 Å². The minimum absolute atomic E-state index is 0.0262. The summed E-state index contributed by atoms with van der Waals surface area (Å²) in [4.78, 5) is 23.2. The number of para-hydroxylation sites is 1. The average molecular weight is 553 g/mol. The van der Waals surface area contributed by atoms with Gasteiger partial charge < -0.3 is 24.0 Å². The van der Waals surface area contributed by atoms with E-state index in [1.54, 1.807) is 24.3 Å². The van der Waals surface area contributed by atoms with Gasteiger partial charge in [-0.25, -0.2) is 14.8 Å². The van der Waals surface area contributed by atoms with Crippen molar-refractivity contribution in [3.05, 3.63) is 53.0 Å². The van der Waals surface area contributed by atoms with Gasteiger partial charge in [-0.1, -0.05) is 17.3 Å². The Morgan fingerprint density at radius 1 is 1.05 bits per heavy atom. The first-order valence-electron chi connectivity index (χ1n) is 14.0. The van der Waals surface area contributed by atoms with Gasteiger partial charge in [0.05, 0.1) is 12.7 Å². The molecule has 11 heteroatoms. The zero-order valence-electron chi connectivity index (χ0n) is 21.8. The van der Waals surface area contributed by atoms with E-state index in [1.807, 2.05) is 0 Å². The summed E-state index contributed by atoms with van der Waals surface area (Å²) in [6.07, 6.45) is 7.50. The van der Waals surface area contributed by atoms with Crippen molar-refractivity contribution < 1.29 is 32.7 Å². The van der Waals surface area contributed by atoms with Crippen LogP contribution in [0.4, 0.5) is 14.7 Å². The molecule has 2 bridgehead atoms. The van der Waals surface area contributed by atoms with Crippen molar-refractivity contribution in [2.24, 2.45) is 0 Å². The van der Waals surface area contributed by atoms with Gasteiger partial charge in [0.2, 0.25) is 5.95 Å². The molecule has 2 unspecified atom stereocenters. The van der Waals surface area contributed by atoms with Gasteiger partial charge >= 0.3 is 12.6 Å². The van der Waals surface area contributed by atoms with E-state index in [-0.39, 0.29) is 42.2 Å². The molecule has 4 fully saturated rings. The highest BCUT2D eigenvalue weighted by Crippen LogP contribution is 2.46. The SMILES string of the molecule is O=C(O)c1cc(C2CC2)nc(N2C3CCC2CC(OCc2c(-c4ccccc4OC(F)F)noc2C2CC2)C3)n1. The lowest BCUT2D eigenvalue weighted by Crippen LogP contribution is -2.46. The predicted octanol–water partition coefficient (Wildman–Crippen LogP) is 5.90. The molecule has 0 amide bonds. The lowest BCUT2D eigenvalue weighted by molar-refractivity contribution is -0.0494. The maximum atomic E-state index is 13.1. The molecule has 9 nitrogen and oxygen atoms in total. The number of piperidine rings is 1. The molecule has 2 atom stereocenters.